The number of nitrogens with zero attached hydrogens (tertiary/aromatic N) is 3. The van der Waals surface area contributed by atoms with Crippen molar-refractivity contribution < 1.29 is 23.9 Å². The number of anilines is 2. The van der Waals surface area contributed by atoms with Gasteiger partial charge in [0.15, 0.2) is 0 Å². The second kappa shape index (κ2) is 9.51. The van der Waals surface area contributed by atoms with E-state index in [2.05, 4.69) is 5.32 Å². The van der Waals surface area contributed by atoms with Crippen LogP contribution in [0.3, 0.4) is 0 Å². The molecular weight excluding hydrogens is 412 g/mol. The highest BCUT2D eigenvalue weighted by Crippen LogP contribution is 2.26. The fraction of sp³-hybridized carbons (Fsp3) is 0.304. The summed E-state index contributed by atoms with van der Waals surface area (Å²) in [5.74, 6) is -0.808. The average Bonchev–Trinajstić information content (AvgIpc) is 2.97. The lowest BCUT2D eigenvalue weighted by atomic mass is 10.2. The molecule has 9 nitrogen and oxygen atoms in total. The van der Waals surface area contributed by atoms with E-state index < -0.39 is 36.3 Å². The quantitative estimate of drug-likeness (QED) is 0.669. The lowest BCUT2D eigenvalue weighted by Crippen LogP contribution is -2.44. The number of likely N-dealkylation sites (N-methyl/N-ethyl adjacent to an activating group) is 1. The van der Waals surface area contributed by atoms with E-state index >= 15 is 0 Å². The molecule has 0 saturated carbocycles. The smallest absolute Gasteiger partial charge is 0.332 e. The summed E-state index contributed by atoms with van der Waals surface area (Å²) in [7, 11) is 2.97. The maximum atomic E-state index is 12.9. The number of benzene rings is 2. The van der Waals surface area contributed by atoms with Crippen molar-refractivity contribution in [2.24, 2.45) is 0 Å². The zero-order valence-electron chi connectivity index (χ0n) is 18.5. The average molecular weight is 438 g/mol. The molecular formula is C23H26N4O5. The lowest BCUT2D eigenvalue weighted by Gasteiger charge is -2.21. The minimum atomic E-state index is -0.723. The molecule has 1 unspecified atom stereocenters. The van der Waals surface area contributed by atoms with Crippen LogP contribution in [0, 0.1) is 6.92 Å². The first-order chi connectivity index (χ1) is 15.2. The van der Waals surface area contributed by atoms with Gasteiger partial charge in [0.25, 0.3) is 5.91 Å². The Morgan fingerprint density at radius 2 is 1.81 bits per heavy atom. The van der Waals surface area contributed by atoms with E-state index in [1.54, 1.807) is 43.3 Å². The summed E-state index contributed by atoms with van der Waals surface area (Å²) in [5, 5.41) is 2.69. The molecule has 1 aliphatic rings. The molecule has 1 saturated heterocycles. The fourth-order valence-electron chi connectivity index (χ4n) is 3.37. The molecule has 3 rings (SSSR count). The van der Waals surface area contributed by atoms with Crippen molar-refractivity contribution in [1.82, 2.24) is 9.80 Å². The summed E-state index contributed by atoms with van der Waals surface area (Å²) in [5.41, 5.74) is 2.14. The number of hydrogen-bond acceptors (Lipinski definition) is 5. The number of ether oxygens (including phenoxy) is 1. The summed E-state index contributed by atoms with van der Waals surface area (Å²) in [6.45, 7) is 2.88. The summed E-state index contributed by atoms with van der Waals surface area (Å²) in [6.07, 6.45) is 0. The number of carbonyl (C=O) groups excluding carboxylic acids is 4. The predicted octanol–water partition coefficient (Wildman–Crippen LogP) is 2.26. The van der Waals surface area contributed by atoms with E-state index in [4.69, 9.17) is 4.74 Å². The van der Waals surface area contributed by atoms with Crippen LogP contribution in [0.4, 0.5) is 16.2 Å². The van der Waals surface area contributed by atoms with Crippen LogP contribution in [-0.4, -0.2) is 66.8 Å². The topological polar surface area (TPSA) is 99.3 Å². The molecule has 1 aliphatic heterocycles. The second-order valence-electron chi connectivity index (χ2n) is 7.62. The summed E-state index contributed by atoms with van der Waals surface area (Å²) in [4.78, 5) is 53.9. The van der Waals surface area contributed by atoms with Gasteiger partial charge in [-0.05, 0) is 38.1 Å². The first-order valence-corrected chi connectivity index (χ1v) is 10.1. The second-order valence-corrected chi connectivity index (χ2v) is 7.62. The molecule has 2 aromatic carbocycles. The van der Waals surface area contributed by atoms with Crippen LogP contribution < -0.4 is 15.0 Å². The van der Waals surface area contributed by atoms with Crippen molar-refractivity contribution >= 4 is 35.1 Å². The third kappa shape index (κ3) is 4.88. The summed E-state index contributed by atoms with van der Waals surface area (Å²) in [6, 6.07) is 12.8. The Kier molecular flexibility index (Phi) is 6.77. The Hall–Kier alpha value is -3.88. The molecule has 1 fully saturated rings. The molecule has 0 bridgehead atoms. The molecule has 1 N–H and O–H groups in total. The van der Waals surface area contributed by atoms with E-state index in [1.807, 2.05) is 19.1 Å². The van der Waals surface area contributed by atoms with E-state index in [9.17, 15) is 19.2 Å². The van der Waals surface area contributed by atoms with Gasteiger partial charge in [0.1, 0.15) is 18.3 Å². The zero-order chi connectivity index (χ0) is 23.4. The molecule has 5 amide bonds. The van der Waals surface area contributed by atoms with Crippen LogP contribution in [0.2, 0.25) is 0 Å². The lowest BCUT2D eigenvalue weighted by molar-refractivity contribution is -0.137. The molecule has 0 radical (unpaired) electrons. The highest BCUT2D eigenvalue weighted by atomic mass is 16.5. The SMILES string of the molecule is COc1cccc(NC(=O)CN(C)C(=O)CN2C(=O)C(C)N(c3ccc(C)cc3)C2=O)c1. The van der Waals surface area contributed by atoms with Gasteiger partial charge >= 0.3 is 6.03 Å². The molecule has 0 spiro atoms. The molecule has 9 heteroatoms. The number of hydrogen-bond donors (Lipinski definition) is 1. The third-order valence-corrected chi connectivity index (χ3v) is 5.21. The van der Waals surface area contributed by atoms with Gasteiger partial charge in [0, 0.05) is 24.5 Å². The Morgan fingerprint density at radius 1 is 1.12 bits per heavy atom. The van der Waals surface area contributed by atoms with Crippen LogP contribution in [0.1, 0.15) is 12.5 Å². The maximum Gasteiger partial charge on any atom is 0.332 e. The summed E-state index contributed by atoms with van der Waals surface area (Å²) < 4.78 is 5.12. The van der Waals surface area contributed by atoms with Crippen molar-refractivity contribution in [3.63, 3.8) is 0 Å². The van der Waals surface area contributed by atoms with Gasteiger partial charge in [0.05, 0.1) is 13.7 Å². The van der Waals surface area contributed by atoms with Crippen LogP contribution in [0.15, 0.2) is 48.5 Å². The van der Waals surface area contributed by atoms with Crippen molar-refractivity contribution in [3.8, 4) is 5.75 Å². The first-order valence-electron chi connectivity index (χ1n) is 10.1. The van der Waals surface area contributed by atoms with Crippen molar-refractivity contribution in [3.05, 3.63) is 54.1 Å². The Labute approximate surface area is 186 Å². The number of urea groups is 1. The van der Waals surface area contributed by atoms with E-state index in [0.717, 1.165) is 10.5 Å². The molecule has 0 aromatic heterocycles. The standard InChI is InChI=1S/C23H26N4O5/c1-15-8-10-18(11-9-15)27-16(2)22(30)26(23(27)31)14-21(29)25(3)13-20(28)24-17-6-5-7-19(12-17)32-4/h5-12,16H,13-14H2,1-4H3,(H,24,28). The molecule has 32 heavy (non-hydrogen) atoms. The Bertz CT molecular complexity index is 1040. The van der Waals surface area contributed by atoms with Gasteiger partial charge in [0.2, 0.25) is 11.8 Å². The minimum Gasteiger partial charge on any atom is -0.497 e. The number of imide groups is 1. The van der Waals surface area contributed by atoms with Crippen molar-refractivity contribution in [2.45, 2.75) is 19.9 Å². The Balaban J connectivity index is 1.61. The van der Waals surface area contributed by atoms with Gasteiger partial charge in [-0.25, -0.2) is 4.79 Å². The molecule has 0 aliphatic carbocycles. The highest BCUT2D eigenvalue weighted by Gasteiger charge is 2.44. The van der Waals surface area contributed by atoms with E-state index in [-0.39, 0.29) is 6.54 Å². The number of rotatable bonds is 7. The zero-order valence-corrected chi connectivity index (χ0v) is 18.5. The first kappa shape index (κ1) is 22.8. The predicted molar refractivity (Wildman–Crippen MR) is 119 cm³/mol. The monoisotopic (exact) mass is 438 g/mol. The number of methoxy groups -OCH3 is 1. The minimum absolute atomic E-state index is 0.233. The van der Waals surface area contributed by atoms with Crippen molar-refractivity contribution in [2.75, 3.05) is 37.5 Å². The largest absolute Gasteiger partial charge is 0.497 e. The van der Waals surface area contributed by atoms with Crippen LogP contribution >= 0.6 is 0 Å². The van der Waals surface area contributed by atoms with Crippen molar-refractivity contribution in [1.29, 1.82) is 0 Å². The number of amides is 5. The normalized spacial score (nSPS) is 15.7. The number of aryl methyl sites for hydroxylation is 1. The molecule has 1 heterocycles. The van der Waals surface area contributed by atoms with Gasteiger partial charge in [-0.15, -0.1) is 0 Å². The summed E-state index contributed by atoms with van der Waals surface area (Å²) >= 11 is 0. The van der Waals surface area contributed by atoms with E-state index in [1.165, 1.54) is 24.0 Å². The van der Waals surface area contributed by atoms with Crippen LogP contribution in [0.25, 0.3) is 0 Å². The van der Waals surface area contributed by atoms with Crippen LogP contribution in [-0.2, 0) is 14.4 Å². The maximum absolute atomic E-state index is 12.9. The number of nitrogens with one attached hydrogen (secondary N) is 1. The van der Waals surface area contributed by atoms with E-state index in [0.29, 0.717) is 17.1 Å². The number of carbonyl (C=O) groups is 4. The third-order valence-electron chi connectivity index (χ3n) is 5.21. The van der Waals surface area contributed by atoms with Gasteiger partial charge in [-0.1, -0.05) is 23.8 Å². The van der Waals surface area contributed by atoms with Gasteiger partial charge in [-0.2, -0.15) is 0 Å². The fourth-order valence-corrected chi connectivity index (χ4v) is 3.37. The Morgan fingerprint density at radius 3 is 2.47 bits per heavy atom. The van der Waals surface area contributed by atoms with Gasteiger partial charge < -0.3 is 15.0 Å². The molecule has 1 atom stereocenters. The molecule has 2 aromatic rings. The molecule has 168 valence electrons. The van der Waals surface area contributed by atoms with Crippen LogP contribution in [0.5, 0.6) is 5.75 Å². The van der Waals surface area contributed by atoms with Gasteiger partial charge in [-0.3, -0.25) is 24.2 Å². The highest BCUT2D eigenvalue weighted by molar-refractivity contribution is 6.15.